The Morgan fingerprint density at radius 1 is 1.58 bits per heavy atom. The Hall–Kier alpha value is -1.23. The van der Waals surface area contributed by atoms with E-state index in [9.17, 15) is 19.8 Å². The molecule has 0 aliphatic rings. The molecule has 1 aromatic heterocycles. The predicted molar refractivity (Wildman–Crippen MR) is 28.6 cm³/mol. The SMILES string of the molecule is O=C([O-])c1cc(=O)[nH]c([O-])n1.[Zn+2]. The second-order valence-corrected chi connectivity index (χ2v) is 1.72. The van der Waals surface area contributed by atoms with Gasteiger partial charge in [0.1, 0.15) is 0 Å². The molecule has 1 aromatic rings. The molecule has 0 aliphatic heterocycles. The number of nitrogens with one attached hydrogen (secondary N) is 1. The number of aromatic amines is 1. The first-order valence-corrected chi connectivity index (χ1v) is 2.59. The predicted octanol–water partition coefficient (Wildman–Crippen LogP) is -2.80. The zero-order chi connectivity index (χ0) is 8.43. The number of carboxylic acids is 1. The first kappa shape index (κ1) is 10.8. The Kier molecular flexibility index (Phi) is 3.56. The average Bonchev–Trinajstić information content (AvgIpc) is 1.85. The van der Waals surface area contributed by atoms with Gasteiger partial charge in [0.2, 0.25) is 0 Å². The first-order valence-electron chi connectivity index (χ1n) is 2.59. The molecule has 0 spiro atoms. The molecule has 0 aliphatic carbocycles. The number of carboxylic acid groups (broad SMARTS) is 1. The van der Waals surface area contributed by atoms with E-state index in [4.69, 9.17) is 0 Å². The zero-order valence-electron chi connectivity index (χ0n) is 5.86. The van der Waals surface area contributed by atoms with Gasteiger partial charge in [0.05, 0.1) is 17.7 Å². The zero-order valence-corrected chi connectivity index (χ0v) is 8.83. The van der Waals surface area contributed by atoms with Crippen LogP contribution in [0.5, 0.6) is 6.01 Å². The fourth-order valence-corrected chi connectivity index (χ4v) is 0.540. The van der Waals surface area contributed by atoms with Crippen molar-refractivity contribution in [3.05, 3.63) is 22.1 Å². The number of rotatable bonds is 1. The molecule has 0 saturated carbocycles. The van der Waals surface area contributed by atoms with Crippen LogP contribution in [-0.4, -0.2) is 15.9 Å². The number of hydrogen-bond donors (Lipinski definition) is 1. The van der Waals surface area contributed by atoms with Crippen LogP contribution in [0.15, 0.2) is 10.9 Å². The van der Waals surface area contributed by atoms with Gasteiger partial charge in [0, 0.05) is 6.07 Å². The fourth-order valence-electron chi connectivity index (χ4n) is 0.540. The molecular formula is C5H2N2O4Zn. The number of H-pyrrole nitrogens is 1. The van der Waals surface area contributed by atoms with Crippen molar-refractivity contribution in [1.82, 2.24) is 9.97 Å². The largest absolute Gasteiger partial charge is 2.00 e. The van der Waals surface area contributed by atoms with Crippen molar-refractivity contribution in [1.29, 1.82) is 0 Å². The van der Waals surface area contributed by atoms with Crippen LogP contribution in [0.25, 0.3) is 0 Å². The maximum atomic E-state index is 10.4. The summed E-state index contributed by atoms with van der Waals surface area (Å²) in [5.74, 6) is -1.65. The van der Waals surface area contributed by atoms with Crippen LogP contribution in [0.1, 0.15) is 10.5 Å². The summed E-state index contributed by atoms with van der Waals surface area (Å²) in [6.45, 7) is 0. The van der Waals surface area contributed by atoms with Crippen LogP contribution in [0.2, 0.25) is 0 Å². The molecule has 7 heteroatoms. The molecule has 12 heavy (non-hydrogen) atoms. The molecule has 0 saturated heterocycles. The van der Waals surface area contributed by atoms with Crippen molar-refractivity contribution in [2.24, 2.45) is 0 Å². The summed E-state index contributed by atoms with van der Waals surface area (Å²) >= 11 is 0. The molecule has 0 unspecified atom stereocenters. The normalized spacial score (nSPS) is 8.67. The molecule has 0 aromatic carbocycles. The van der Waals surface area contributed by atoms with Crippen molar-refractivity contribution in [2.45, 2.75) is 0 Å². The summed E-state index contributed by atoms with van der Waals surface area (Å²) in [5.41, 5.74) is -1.46. The molecular weight excluding hydrogens is 217 g/mol. The minimum Gasteiger partial charge on any atom is -0.846 e. The topological polar surface area (TPSA) is 109 Å². The van der Waals surface area contributed by atoms with Crippen LogP contribution < -0.4 is 15.8 Å². The average molecular weight is 219 g/mol. The van der Waals surface area contributed by atoms with Crippen molar-refractivity contribution in [3.8, 4) is 6.01 Å². The van der Waals surface area contributed by atoms with Gasteiger partial charge in [0.15, 0.2) is 0 Å². The molecule has 1 heterocycles. The molecule has 0 atom stereocenters. The van der Waals surface area contributed by atoms with Gasteiger partial charge >= 0.3 is 19.5 Å². The molecule has 0 fully saturated rings. The van der Waals surface area contributed by atoms with Crippen LogP contribution in [0, 0.1) is 0 Å². The van der Waals surface area contributed by atoms with Gasteiger partial charge in [-0.15, -0.1) is 0 Å². The molecule has 6 nitrogen and oxygen atoms in total. The van der Waals surface area contributed by atoms with Gasteiger partial charge in [-0.2, -0.15) is 0 Å². The fraction of sp³-hybridized carbons (Fsp3) is 0. The quantitative estimate of drug-likeness (QED) is 0.513. The number of aromatic nitrogens is 2. The van der Waals surface area contributed by atoms with E-state index in [0.29, 0.717) is 6.07 Å². The van der Waals surface area contributed by atoms with E-state index in [0.717, 1.165) is 0 Å². The first-order chi connectivity index (χ1) is 5.09. The van der Waals surface area contributed by atoms with E-state index in [1.54, 1.807) is 4.98 Å². The van der Waals surface area contributed by atoms with Crippen molar-refractivity contribution in [3.63, 3.8) is 0 Å². The van der Waals surface area contributed by atoms with Crippen LogP contribution in [-0.2, 0) is 19.5 Å². The minimum atomic E-state index is -1.65. The Balaban J connectivity index is 0.00000121. The molecule has 1 rings (SSSR count). The number of hydrogen-bond acceptors (Lipinski definition) is 5. The molecule has 0 bridgehead atoms. The summed E-state index contributed by atoms with van der Waals surface area (Å²) in [7, 11) is 0. The van der Waals surface area contributed by atoms with Gasteiger partial charge in [-0.1, -0.05) is 0 Å². The minimum absolute atomic E-state index is 0. The van der Waals surface area contributed by atoms with Crippen molar-refractivity contribution >= 4 is 5.97 Å². The van der Waals surface area contributed by atoms with Crippen LogP contribution in [0.4, 0.5) is 0 Å². The summed E-state index contributed by atoms with van der Waals surface area (Å²) in [6, 6.07) is -0.312. The van der Waals surface area contributed by atoms with E-state index in [2.05, 4.69) is 4.98 Å². The Morgan fingerprint density at radius 3 is 2.58 bits per heavy atom. The third kappa shape index (κ3) is 2.43. The second kappa shape index (κ2) is 3.97. The van der Waals surface area contributed by atoms with Crippen LogP contribution >= 0.6 is 0 Å². The van der Waals surface area contributed by atoms with E-state index in [-0.39, 0.29) is 19.5 Å². The van der Waals surface area contributed by atoms with Crippen molar-refractivity contribution in [2.75, 3.05) is 0 Å². The third-order valence-corrected chi connectivity index (χ3v) is 0.929. The molecule has 1 N–H and O–H groups in total. The molecule has 58 valence electrons. The molecule has 0 radical (unpaired) electrons. The maximum Gasteiger partial charge on any atom is 2.00 e. The van der Waals surface area contributed by atoms with Crippen LogP contribution in [0.3, 0.4) is 0 Å². The molecule has 0 amide bonds. The maximum absolute atomic E-state index is 10.4. The van der Waals surface area contributed by atoms with E-state index in [1.165, 1.54) is 0 Å². The number of carbonyl (C=O) groups is 1. The van der Waals surface area contributed by atoms with Crippen molar-refractivity contribution < 1.29 is 34.5 Å². The number of aromatic carboxylic acids is 1. The van der Waals surface area contributed by atoms with Gasteiger partial charge < -0.3 is 20.0 Å². The summed E-state index contributed by atoms with van der Waals surface area (Å²) in [6.07, 6.45) is 0. The number of carbonyl (C=O) groups excluding carboxylic acids is 1. The second-order valence-electron chi connectivity index (χ2n) is 1.72. The summed E-state index contributed by atoms with van der Waals surface area (Å²) in [5, 5.41) is 20.4. The van der Waals surface area contributed by atoms with Gasteiger partial charge in [0.25, 0.3) is 5.56 Å². The van der Waals surface area contributed by atoms with Gasteiger partial charge in [-0.25, -0.2) is 4.98 Å². The monoisotopic (exact) mass is 218 g/mol. The Labute approximate surface area is 79.0 Å². The van der Waals surface area contributed by atoms with E-state index >= 15 is 0 Å². The van der Waals surface area contributed by atoms with E-state index in [1.807, 2.05) is 0 Å². The summed E-state index contributed by atoms with van der Waals surface area (Å²) in [4.78, 5) is 25.2. The van der Waals surface area contributed by atoms with Gasteiger partial charge in [-0.3, -0.25) is 4.79 Å². The van der Waals surface area contributed by atoms with Gasteiger partial charge in [-0.05, 0) is 0 Å². The number of nitrogens with zero attached hydrogens (tertiary/aromatic N) is 1. The Morgan fingerprint density at radius 2 is 2.17 bits per heavy atom. The third-order valence-electron chi connectivity index (χ3n) is 0.929. The summed E-state index contributed by atoms with van der Waals surface area (Å²) < 4.78 is 0. The van der Waals surface area contributed by atoms with E-state index < -0.39 is 23.2 Å². The standard InChI is InChI=1S/C5H4N2O4.Zn/c8-3-1-2(4(9)10)6-5(11)7-3;/h1H,(H,9,10)(H2,6,7,8,11);/q;+2/p-2. The Bertz CT molecular complexity index is 348. The smallest absolute Gasteiger partial charge is 0.846 e.